The summed E-state index contributed by atoms with van der Waals surface area (Å²) in [5, 5.41) is 9.72. The lowest BCUT2D eigenvalue weighted by atomic mass is 9.84. The number of carbonyl (C=O) groups excluding carboxylic acids is 2. The Labute approximate surface area is 146 Å². The molecule has 0 aromatic rings. The van der Waals surface area contributed by atoms with E-state index in [1.54, 1.807) is 0 Å². The van der Waals surface area contributed by atoms with Crippen LogP contribution in [0.2, 0.25) is 0 Å². The minimum absolute atomic E-state index is 0.135. The topological polar surface area (TPSA) is 73.5 Å². The van der Waals surface area contributed by atoms with E-state index in [9.17, 15) is 9.59 Å². The summed E-state index contributed by atoms with van der Waals surface area (Å²) in [6, 6.07) is -0.269. The molecule has 1 atom stereocenters. The molecule has 0 bridgehead atoms. The van der Waals surface area contributed by atoms with Gasteiger partial charge < -0.3 is 5.32 Å². The zero-order valence-corrected chi connectivity index (χ0v) is 15.9. The molecule has 0 aromatic carbocycles. The summed E-state index contributed by atoms with van der Waals surface area (Å²) in [4.78, 5) is 26.8. The molecule has 0 radical (unpaired) electrons. The van der Waals surface area contributed by atoms with Crippen LogP contribution in [0.4, 0.5) is 4.79 Å². The average Bonchev–Trinajstić information content (AvgIpc) is 2.62. The maximum Gasteiger partial charge on any atom is 0.326 e. The number of hydrogen-bond acceptors (Lipinski definition) is 4. The molecule has 0 aliphatic carbocycles. The molecule has 2 rings (SSSR count). The summed E-state index contributed by atoms with van der Waals surface area (Å²) < 4.78 is 0. The Hall–Kier alpha value is -1.14. The van der Waals surface area contributed by atoms with Crippen molar-refractivity contribution in [3.63, 3.8) is 0 Å². The number of unbranched alkanes of at least 4 members (excludes halogenated alkanes) is 5. The van der Waals surface area contributed by atoms with Crippen molar-refractivity contribution in [1.29, 1.82) is 0 Å². The van der Waals surface area contributed by atoms with Gasteiger partial charge in [0.15, 0.2) is 5.66 Å². The van der Waals surface area contributed by atoms with Crippen molar-refractivity contribution in [3.8, 4) is 0 Å². The highest BCUT2D eigenvalue weighted by Crippen LogP contribution is 2.32. The molecule has 2 fully saturated rings. The monoisotopic (exact) mass is 338 g/mol. The van der Waals surface area contributed by atoms with Gasteiger partial charge in [-0.3, -0.25) is 20.3 Å². The molecular formula is C18H34N4O2. The van der Waals surface area contributed by atoms with Crippen LogP contribution in [0.3, 0.4) is 0 Å². The van der Waals surface area contributed by atoms with Gasteiger partial charge in [-0.05, 0) is 34.1 Å². The average molecular weight is 338 g/mol. The Kier molecular flexibility index (Phi) is 5.60. The smallest absolute Gasteiger partial charge is 0.311 e. The second-order valence-electron chi connectivity index (χ2n) is 8.50. The second-order valence-corrected chi connectivity index (χ2v) is 8.50. The molecule has 2 saturated heterocycles. The van der Waals surface area contributed by atoms with Crippen LogP contribution in [0.5, 0.6) is 0 Å². The van der Waals surface area contributed by atoms with Crippen LogP contribution in [0.25, 0.3) is 0 Å². The number of imide groups is 1. The molecule has 6 nitrogen and oxygen atoms in total. The lowest BCUT2D eigenvalue weighted by Crippen LogP contribution is -2.78. The third-order valence-electron chi connectivity index (χ3n) is 4.79. The van der Waals surface area contributed by atoms with Crippen molar-refractivity contribution < 1.29 is 9.59 Å². The highest BCUT2D eigenvalue weighted by atomic mass is 16.2. The van der Waals surface area contributed by atoms with E-state index in [0.717, 1.165) is 12.8 Å². The van der Waals surface area contributed by atoms with Gasteiger partial charge in [-0.1, -0.05) is 39.0 Å². The predicted octanol–water partition coefficient (Wildman–Crippen LogP) is 2.69. The van der Waals surface area contributed by atoms with Crippen LogP contribution in [-0.4, -0.2) is 40.2 Å². The molecule has 3 amide bonds. The fourth-order valence-corrected chi connectivity index (χ4v) is 4.25. The Balaban J connectivity index is 1.98. The number of hydrogen-bond donors (Lipinski definition) is 3. The van der Waals surface area contributed by atoms with Crippen molar-refractivity contribution in [1.82, 2.24) is 20.9 Å². The highest BCUT2D eigenvalue weighted by molar-refractivity contribution is 6.07. The van der Waals surface area contributed by atoms with Gasteiger partial charge in [0.05, 0.1) is 5.66 Å². The summed E-state index contributed by atoms with van der Waals surface area (Å²) >= 11 is 0. The lowest BCUT2D eigenvalue weighted by molar-refractivity contribution is -0.136. The van der Waals surface area contributed by atoms with E-state index >= 15 is 0 Å². The van der Waals surface area contributed by atoms with Crippen LogP contribution in [0.1, 0.15) is 79.6 Å². The van der Waals surface area contributed by atoms with E-state index < -0.39 is 11.3 Å². The molecule has 6 heteroatoms. The van der Waals surface area contributed by atoms with Gasteiger partial charge in [0.1, 0.15) is 0 Å². The first kappa shape index (κ1) is 19.2. The Morgan fingerprint density at radius 2 is 1.58 bits per heavy atom. The predicted molar refractivity (Wildman–Crippen MR) is 95.4 cm³/mol. The molecule has 2 heterocycles. The van der Waals surface area contributed by atoms with Gasteiger partial charge in [0.2, 0.25) is 0 Å². The van der Waals surface area contributed by atoms with E-state index in [1.165, 1.54) is 30.6 Å². The number of urea groups is 1. The first-order valence-electron chi connectivity index (χ1n) is 9.34. The van der Waals surface area contributed by atoms with Gasteiger partial charge in [-0.15, -0.1) is 0 Å². The summed E-state index contributed by atoms with van der Waals surface area (Å²) in [7, 11) is 0. The minimum atomic E-state index is -0.989. The number of rotatable bonds is 7. The van der Waals surface area contributed by atoms with Gasteiger partial charge in [0.25, 0.3) is 5.91 Å². The van der Waals surface area contributed by atoms with Crippen molar-refractivity contribution in [3.05, 3.63) is 0 Å². The quantitative estimate of drug-likeness (QED) is 0.493. The van der Waals surface area contributed by atoms with Crippen molar-refractivity contribution in [2.45, 2.75) is 96.4 Å². The van der Waals surface area contributed by atoms with Crippen LogP contribution >= 0.6 is 0 Å². The molecular weight excluding hydrogens is 304 g/mol. The SMILES string of the molecule is CCCCCCCCN1C(=O)NC2(CC(C)(C)NC(C)(C)N2)C1=O. The molecule has 3 N–H and O–H groups in total. The molecule has 0 saturated carbocycles. The van der Waals surface area contributed by atoms with Crippen molar-refractivity contribution >= 4 is 11.9 Å². The molecule has 138 valence electrons. The minimum Gasteiger partial charge on any atom is -0.311 e. The van der Waals surface area contributed by atoms with Crippen molar-refractivity contribution in [2.24, 2.45) is 0 Å². The Morgan fingerprint density at radius 3 is 2.21 bits per heavy atom. The molecule has 1 spiro atoms. The molecule has 24 heavy (non-hydrogen) atoms. The summed E-state index contributed by atoms with van der Waals surface area (Å²) in [6.45, 7) is 10.8. The number of nitrogens with zero attached hydrogens (tertiary/aromatic N) is 1. The number of nitrogens with one attached hydrogen (secondary N) is 3. The second kappa shape index (κ2) is 7.00. The van der Waals surface area contributed by atoms with Gasteiger partial charge >= 0.3 is 6.03 Å². The Morgan fingerprint density at radius 1 is 0.958 bits per heavy atom. The maximum absolute atomic E-state index is 13.0. The number of amides is 3. The fourth-order valence-electron chi connectivity index (χ4n) is 4.25. The van der Waals surface area contributed by atoms with Crippen LogP contribution in [-0.2, 0) is 4.79 Å². The van der Waals surface area contributed by atoms with Crippen LogP contribution < -0.4 is 16.0 Å². The first-order chi connectivity index (χ1) is 11.1. The summed E-state index contributed by atoms with van der Waals surface area (Å²) in [5.74, 6) is -0.135. The zero-order chi connectivity index (χ0) is 18.0. The largest absolute Gasteiger partial charge is 0.326 e. The zero-order valence-electron chi connectivity index (χ0n) is 15.9. The standard InChI is InChI=1S/C18H34N4O2/c1-6-7-8-9-10-11-12-22-14(23)18(19-15(22)24)13-16(2,3)20-17(4,5)21-18/h20-21H,6-13H2,1-5H3,(H,19,24). The molecule has 2 aliphatic heterocycles. The highest BCUT2D eigenvalue weighted by Gasteiger charge is 2.58. The third-order valence-corrected chi connectivity index (χ3v) is 4.79. The summed E-state index contributed by atoms with van der Waals surface area (Å²) in [5.41, 5.74) is -1.66. The fraction of sp³-hybridized carbons (Fsp3) is 0.889. The van der Waals surface area contributed by atoms with E-state index in [-0.39, 0.29) is 17.5 Å². The lowest BCUT2D eigenvalue weighted by Gasteiger charge is -2.51. The van der Waals surface area contributed by atoms with Gasteiger partial charge in [-0.2, -0.15) is 0 Å². The van der Waals surface area contributed by atoms with Crippen molar-refractivity contribution in [2.75, 3.05) is 6.54 Å². The molecule has 2 aliphatic rings. The first-order valence-corrected chi connectivity index (χ1v) is 9.34. The normalized spacial score (nSPS) is 28.5. The Bertz CT molecular complexity index is 471. The van der Waals surface area contributed by atoms with E-state index in [2.05, 4.69) is 36.7 Å². The summed E-state index contributed by atoms with van der Waals surface area (Å²) in [6.07, 6.45) is 7.36. The van der Waals surface area contributed by atoms with E-state index in [1.807, 2.05) is 13.8 Å². The van der Waals surface area contributed by atoms with Crippen LogP contribution in [0.15, 0.2) is 0 Å². The van der Waals surface area contributed by atoms with Gasteiger partial charge in [0, 0.05) is 18.5 Å². The number of carbonyl (C=O) groups is 2. The van der Waals surface area contributed by atoms with Crippen LogP contribution in [0, 0.1) is 0 Å². The van der Waals surface area contributed by atoms with E-state index in [0.29, 0.717) is 13.0 Å². The third kappa shape index (κ3) is 4.28. The molecule has 0 aromatic heterocycles. The van der Waals surface area contributed by atoms with E-state index in [4.69, 9.17) is 0 Å². The maximum atomic E-state index is 13.0. The molecule has 1 unspecified atom stereocenters. The van der Waals surface area contributed by atoms with Gasteiger partial charge in [-0.25, -0.2) is 4.79 Å².